The van der Waals surface area contributed by atoms with Gasteiger partial charge in [0.15, 0.2) is 0 Å². The van der Waals surface area contributed by atoms with Crippen molar-refractivity contribution >= 4 is 17.5 Å². The summed E-state index contributed by atoms with van der Waals surface area (Å²) in [5.41, 5.74) is 2.25. The van der Waals surface area contributed by atoms with Crippen molar-refractivity contribution in [2.45, 2.75) is 63.5 Å². The number of benzene rings is 1. The summed E-state index contributed by atoms with van der Waals surface area (Å²) in [4.78, 5) is 27.1. The van der Waals surface area contributed by atoms with Gasteiger partial charge in [0.2, 0.25) is 5.91 Å². The molecule has 0 aromatic heterocycles. The first kappa shape index (κ1) is 19.2. The molecule has 2 fully saturated rings. The summed E-state index contributed by atoms with van der Waals surface area (Å²) in [7, 11) is 0. The van der Waals surface area contributed by atoms with Gasteiger partial charge in [0, 0.05) is 24.4 Å². The second kappa shape index (κ2) is 8.91. The lowest BCUT2D eigenvalue weighted by Crippen LogP contribution is -2.55. The number of rotatable bonds is 6. The average Bonchev–Trinajstić information content (AvgIpc) is 3.09. The first-order valence-electron chi connectivity index (χ1n) is 10.8. The third-order valence-electron chi connectivity index (χ3n) is 6.40. The van der Waals surface area contributed by atoms with Crippen LogP contribution >= 0.6 is 0 Å². The van der Waals surface area contributed by atoms with E-state index in [2.05, 4.69) is 16.7 Å². The summed E-state index contributed by atoms with van der Waals surface area (Å²) >= 11 is 0. The number of nitrogens with zero attached hydrogens (tertiary/aromatic N) is 1. The van der Waals surface area contributed by atoms with Crippen LogP contribution in [-0.4, -0.2) is 37.0 Å². The number of amides is 2. The van der Waals surface area contributed by atoms with Crippen molar-refractivity contribution in [2.75, 3.05) is 18.0 Å². The summed E-state index contributed by atoms with van der Waals surface area (Å²) in [5.74, 6) is 0.714. The van der Waals surface area contributed by atoms with Crippen molar-refractivity contribution in [1.82, 2.24) is 10.6 Å². The van der Waals surface area contributed by atoms with Crippen LogP contribution in [0.1, 0.15) is 50.5 Å². The number of fused-ring (bicyclic) bond motifs is 1. The highest BCUT2D eigenvalue weighted by molar-refractivity contribution is 6.03. The third-order valence-corrected chi connectivity index (χ3v) is 6.40. The number of carbonyl (C=O) groups excluding carboxylic acids is 2. The van der Waals surface area contributed by atoms with Crippen LogP contribution in [0.2, 0.25) is 0 Å². The van der Waals surface area contributed by atoms with E-state index in [1.807, 2.05) is 29.2 Å². The molecule has 2 heterocycles. The van der Waals surface area contributed by atoms with E-state index in [1.54, 1.807) is 6.08 Å². The van der Waals surface area contributed by atoms with Crippen molar-refractivity contribution in [3.05, 3.63) is 42.0 Å². The van der Waals surface area contributed by atoms with Crippen LogP contribution in [0.15, 0.2) is 36.4 Å². The van der Waals surface area contributed by atoms with Crippen LogP contribution in [0.4, 0.5) is 5.69 Å². The molecule has 150 valence electrons. The Kier molecular flexibility index (Phi) is 6.10. The molecule has 28 heavy (non-hydrogen) atoms. The highest BCUT2D eigenvalue weighted by atomic mass is 16.2. The molecule has 1 saturated heterocycles. The van der Waals surface area contributed by atoms with Gasteiger partial charge in [-0.3, -0.25) is 9.59 Å². The molecular weight excluding hydrogens is 350 g/mol. The van der Waals surface area contributed by atoms with Gasteiger partial charge < -0.3 is 15.5 Å². The SMILES string of the molecule is O=C(NC(/C=C/C(=O)N1CCc2ccccc21)CC1CCCCC1)[C@@H]1CCN1. The summed E-state index contributed by atoms with van der Waals surface area (Å²) < 4.78 is 0. The lowest BCUT2D eigenvalue weighted by Gasteiger charge is -2.30. The number of para-hydroxylation sites is 1. The van der Waals surface area contributed by atoms with E-state index in [0.29, 0.717) is 5.92 Å². The summed E-state index contributed by atoms with van der Waals surface area (Å²) in [6, 6.07) is 7.96. The van der Waals surface area contributed by atoms with Gasteiger partial charge >= 0.3 is 0 Å². The van der Waals surface area contributed by atoms with Gasteiger partial charge in [-0.15, -0.1) is 0 Å². The standard InChI is InChI=1S/C23H31N3O2/c27-22(26-15-13-18-8-4-5-9-21(18)26)11-10-19(16-17-6-2-1-3-7-17)25-23(28)20-12-14-24-20/h4-5,8-11,17,19-20,24H,1-3,6-7,12-16H2,(H,25,28)/b11-10+/t19?,20-/m0/s1. The van der Waals surface area contributed by atoms with E-state index < -0.39 is 0 Å². The third kappa shape index (κ3) is 4.46. The quantitative estimate of drug-likeness (QED) is 0.745. The minimum Gasteiger partial charge on any atom is -0.349 e. The monoisotopic (exact) mass is 381 g/mol. The fourth-order valence-corrected chi connectivity index (χ4v) is 4.62. The van der Waals surface area contributed by atoms with Crippen LogP contribution in [0.25, 0.3) is 0 Å². The van der Waals surface area contributed by atoms with Crippen molar-refractivity contribution in [3.8, 4) is 0 Å². The molecule has 2 atom stereocenters. The summed E-state index contributed by atoms with van der Waals surface area (Å²) in [6.45, 7) is 1.64. The van der Waals surface area contributed by atoms with Crippen LogP contribution in [0.3, 0.4) is 0 Å². The van der Waals surface area contributed by atoms with Gasteiger partial charge in [-0.25, -0.2) is 0 Å². The first-order chi connectivity index (χ1) is 13.7. The predicted molar refractivity (Wildman–Crippen MR) is 111 cm³/mol. The number of carbonyl (C=O) groups is 2. The van der Waals surface area contributed by atoms with E-state index in [4.69, 9.17) is 0 Å². The molecule has 4 rings (SSSR count). The van der Waals surface area contributed by atoms with Crippen molar-refractivity contribution in [1.29, 1.82) is 0 Å². The zero-order valence-electron chi connectivity index (χ0n) is 16.5. The number of nitrogens with one attached hydrogen (secondary N) is 2. The van der Waals surface area contributed by atoms with Crippen molar-refractivity contribution in [3.63, 3.8) is 0 Å². The van der Waals surface area contributed by atoms with E-state index in [0.717, 1.165) is 38.0 Å². The Balaban J connectivity index is 1.41. The molecule has 5 nitrogen and oxygen atoms in total. The molecule has 3 aliphatic rings. The fourth-order valence-electron chi connectivity index (χ4n) is 4.62. The van der Waals surface area contributed by atoms with Gasteiger partial charge in [-0.2, -0.15) is 0 Å². The Morgan fingerprint density at radius 2 is 1.96 bits per heavy atom. The van der Waals surface area contributed by atoms with Gasteiger partial charge in [0.25, 0.3) is 5.91 Å². The van der Waals surface area contributed by atoms with Crippen LogP contribution in [-0.2, 0) is 16.0 Å². The normalized spacial score (nSPS) is 23.3. The van der Waals surface area contributed by atoms with Crippen LogP contribution in [0.5, 0.6) is 0 Å². The molecule has 5 heteroatoms. The number of anilines is 1. The van der Waals surface area contributed by atoms with Crippen LogP contribution in [0, 0.1) is 5.92 Å². The maximum absolute atomic E-state index is 12.8. The predicted octanol–water partition coefficient (Wildman–Crippen LogP) is 2.95. The molecule has 1 aromatic carbocycles. The van der Waals surface area contributed by atoms with E-state index in [-0.39, 0.29) is 23.9 Å². The van der Waals surface area contributed by atoms with Crippen LogP contribution < -0.4 is 15.5 Å². The molecule has 1 unspecified atom stereocenters. The minimum absolute atomic E-state index is 0.00890. The Morgan fingerprint density at radius 1 is 1.18 bits per heavy atom. The first-order valence-corrected chi connectivity index (χ1v) is 10.8. The summed E-state index contributed by atoms with van der Waals surface area (Å²) in [5, 5.41) is 6.34. The van der Waals surface area contributed by atoms with Gasteiger partial charge in [-0.05, 0) is 43.4 Å². The zero-order valence-corrected chi connectivity index (χ0v) is 16.5. The fraction of sp³-hybridized carbons (Fsp3) is 0.565. The molecule has 0 bridgehead atoms. The second-order valence-corrected chi connectivity index (χ2v) is 8.38. The maximum Gasteiger partial charge on any atom is 0.250 e. The Labute approximate surface area is 167 Å². The van der Waals surface area contributed by atoms with Gasteiger partial charge in [0.1, 0.15) is 0 Å². The second-order valence-electron chi connectivity index (χ2n) is 8.38. The number of hydrogen-bond donors (Lipinski definition) is 2. The maximum atomic E-state index is 12.8. The van der Waals surface area contributed by atoms with Gasteiger partial charge in [-0.1, -0.05) is 56.4 Å². The van der Waals surface area contributed by atoms with E-state index in [9.17, 15) is 9.59 Å². The lowest BCUT2D eigenvalue weighted by molar-refractivity contribution is -0.125. The molecule has 1 saturated carbocycles. The molecule has 0 spiro atoms. The molecule has 2 N–H and O–H groups in total. The topological polar surface area (TPSA) is 61.4 Å². The van der Waals surface area contributed by atoms with Gasteiger partial charge in [0.05, 0.1) is 6.04 Å². The molecular formula is C23H31N3O2. The lowest BCUT2D eigenvalue weighted by atomic mass is 9.84. The van der Waals surface area contributed by atoms with E-state index >= 15 is 0 Å². The molecule has 1 aromatic rings. The minimum atomic E-state index is -0.0696. The summed E-state index contributed by atoms with van der Waals surface area (Å²) in [6.07, 6.45) is 12.7. The Hall–Kier alpha value is -2.14. The Bertz CT molecular complexity index is 735. The van der Waals surface area contributed by atoms with E-state index in [1.165, 1.54) is 37.7 Å². The Morgan fingerprint density at radius 3 is 2.71 bits per heavy atom. The number of hydrogen-bond acceptors (Lipinski definition) is 3. The molecule has 1 aliphatic carbocycles. The van der Waals surface area contributed by atoms with Crippen molar-refractivity contribution < 1.29 is 9.59 Å². The molecule has 2 amide bonds. The smallest absolute Gasteiger partial charge is 0.250 e. The van der Waals surface area contributed by atoms with Crippen molar-refractivity contribution in [2.24, 2.45) is 5.92 Å². The highest BCUT2D eigenvalue weighted by Crippen LogP contribution is 2.29. The molecule has 0 radical (unpaired) electrons. The largest absolute Gasteiger partial charge is 0.349 e. The highest BCUT2D eigenvalue weighted by Gasteiger charge is 2.27. The zero-order chi connectivity index (χ0) is 19.3. The molecule has 2 aliphatic heterocycles. The average molecular weight is 382 g/mol.